The molecule has 0 unspecified atom stereocenters. The lowest BCUT2D eigenvalue weighted by atomic mass is 10.4. The van der Waals surface area contributed by atoms with Gasteiger partial charge >= 0.3 is 0 Å². The molecule has 1 heterocycles. The van der Waals surface area contributed by atoms with Crippen LogP contribution in [-0.2, 0) is 11.2 Å². The van der Waals surface area contributed by atoms with E-state index in [-0.39, 0.29) is 0 Å². The number of hydrogen-bond acceptors (Lipinski definition) is 5. The third-order valence-electron chi connectivity index (χ3n) is 3.69. The van der Waals surface area contributed by atoms with Gasteiger partial charge in [-0.15, -0.1) is 11.3 Å². The summed E-state index contributed by atoms with van der Waals surface area (Å²) in [6.45, 7) is 11.6. The number of likely N-dealkylation sites (N-methyl/N-ethyl adjacent to an activating group) is 1. The maximum atomic E-state index is 5.09. The van der Waals surface area contributed by atoms with E-state index in [1.165, 1.54) is 9.88 Å². The van der Waals surface area contributed by atoms with Gasteiger partial charge in [-0.1, -0.05) is 0 Å². The van der Waals surface area contributed by atoms with Crippen molar-refractivity contribution in [3.63, 3.8) is 0 Å². The summed E-state index contributed by atoms with van der Waals surface area (Å²) in [7, 11) is 3.85. The summed E-state index contributed by atoms with van der Waals surface area (Å²) in [6.07, 6.45) is 1.98. The minimum atomic E-state index is 0.777. The lowest BCUT2D eigenvalue weighted by molar-refractivity contribution is 0.161. The van der Waals surface area contributed by atoms with Crippen molar-refractivity contribution in [3.05, 3.63) is 15.6 Å². The Kier molecular flexibility index (Phi) is 10.6. The van der Waals surface area contributed by atoms with Crippen LogP contribution in [0.2, 0.25) is 0 Å². The predicted molar refractivity (Wildman–Crippen MR) is 103 cm³/mol. The molecule has 1 aromatic heterocycles. The first-order valence-corrected chi connectivity index (χ1v) is 9.51. The van der Waals surface area contributed by atoms with Crippen LogP contribution in [0.25, 0.3) is 0 Å². The molecule has 0 bridgehead atoms. The summed E-state index contributed by atoms with van der Waals surface area (Å²) in [5, 5.41) is 7.88. The second-order valence-corrected chi connectivity index (χ2v) is 7.12. The Morgan fingerprint density at radius 1 is 1.29 bits per heavy atom. The SMILES string of the molecule is CCNC(=NCCCN(C)CCOC)NCCc1nc(C)c(C)s1. The number of thiazole rings is 1. The van der Waals surface area contributed by atoms with Crippen molar-refractivity contribution in [2.45, 2.75) is 33.6 Å². The molecule has 0 saturated heterocycles. The molecule has 0 radical (unpaired) electrons. The zero-order chi connectivity index (χ0) is 17.8. The van der Waals surface area contributed by atoms with Gasteiger partial charge in [-0.2, -0.15) is 0 Å². The normalized spacial score (nSPS) is 12.0. The van der Waals surface area contributed by atoms with Crippen molar-refractivity contribution in [2.75, 3.05) is 53.5 Å². The maximum Gasteiger partial charge on any atom is 0.191 e. The van der Waals surface area contributed by atoms with Crippen LogP contribution in [0, 0.1) is 13.8 Å². The van der Waals surface area contributed by atoms with E-state index >= 15 is 0 Å². The van der Waals surface area contributed by atoms with E-state index in [4.69, 9.17) is 4.74 Å². The van der Waals surface area contributed by atoms with Gasteiger partial charge in [-0.25, -0.2) is 4.98 Å². The molecule has 0 aliphatic carbocycles. The van der Waals surface area contributed by atoms with E-state index in [0.717, 1.165) is 63.8 Å². The van der Waals surface area contributed by atoms with Crippen LogP contribution in [0.3, 0.4) is 0 Å². The summed E-state index contributed by atoms with van der Waals surface area (Å²) >= 11 is 1.78. The Morgan fingerprint density at radius 3 is 2.71 bits per heavy atom. The highest BCUT2D eigenvalue weighted by atomic mass is 32.1. The first kappa shape index (κ1) is 20.9. The van der Waals surface area contributed by atoms with Gasteiger partial charge in [-0.3, -0.25) is 4.99 Å². The Morgan fingerprint density at radius 2 is 2.08 bits per heavy atom. The Bertz CT molecular complexity index is 470. The van der Waals surface area contributed by atoms with Gasteiger partial charge in [0.1, 0.15) is 0 Å². The van der Waals surface area contributed by atoms with E-state index < -0.39 is 0 Å². The summed E-state index contributed by atoms with van der Waals surface area (Å²) in [6, 6.07) is 0. The van der Waals surface area contributed by atoms with Gasteiger partial charge < -0.3 is 20.3 Å². The minimum Gasteiger partial charge on any atom is -0.383 e. The van der Waals surface area contributed by atoms with E-state index in [0.29, 0.717) is 0 Å². The van der Waals surface area contributed by atoms with E-state index in [1.807, 2.05) is 0 Å². The van der Waals surface area contributed by atoms with Crippen LogP contribution in [0.1, 0.15) is 28.9 Å². The Hall–Kier alpha value is -1.18. The van der Waals surface area contributed by atoms with Gasteiger partial charge in [0.15, 0.2) is 5.96 Å². The monoisotopic (exact) mass is 355 g/mol. The maximum absolute atomic E-state index is 5.09. The van der Waals surface area contributed by atoms with Crippen molar-refractivity contribution < 1.29 is 4.74 Å². The van der Waals surface area contributed by atoms with Crippen molar-refractivity contribution in [1.82, 2.24) is 20.5 Å². The predicted octanol–water partition coefficient (Wildman–Crippen LogP) is 1.83. The number of nitrogens with zero attached hydrogens (tertiary/aromatic N) is 3. The molecule has 0 amide bonds. The fraction of sp³-hybridized carbons (Fsp3) is 0.765. The average molecular weight is 356 g/mol. The molecule has 0 aromatic carbocycles. The average Bonchev–Trinajstić information content (AvgIpc) is 2.87. The fourth-order valence-electron chi connectivity index (χ4n) is 2.17. The molecule has 1 aromatic rings. The lowest BCUT2D eigenvalue weighted by Crippen LogP contribution is -2.38. The first-order valence-electron chi connectivity index (χ1n) is 8.69. The number of rotatable bonds is 11. The molecule has 0 aliphatic rings. The van der Waals surface area contributed by atoms with Crippen LogP contribution in [0.4, 0.5) is 0 Å². The van der Waals surface area contributed by atoms with E-state index in [2.05, 4.69) is 53.3 Å². The van der Waals surface area contributed by atoms with Gasteiger partial charge in [0.05, 0.1) is 17.3 Å². The summed E-state index contributed by atoms with van der Waals surface area (Å²) in [5.74, 6) is 0.891. The number of guanidine groups is 1. The molecule has 0 saturated carbocycles. The Labute approximate surface area is 150 Å². The first-order chi connectivity index (χ1) is 11.6. The molecular weight excluding hydrogens is 322 g/mol. The highest BCUT2D eigenvalue weighted by Gasteiger charge is 2.04. The van der Waals surface area contributed by atoms with Gasteiger partial charge in [-0.05, 0) is 40.8 Å². The zero-order valence-corrected chi connectivity index (χ0v) is 16.6. The molecule has 6 nitrogen and oxygen atoms in total. The molecule has 0 atom stereocenters. The van der Waals surface area contributed by atoms with Crippen LogP contribution in [0.15, 0.2) is 4.99 Å². The summed E-state index contributed by atoms with van der Waals surface area (Å²) < 4.78 is 5.09. The molecule has 7 heteroatoms. The largest absolute Gasteiger partial charge is 0.383 e. The van der Waals surface area contributed by atoms with Crippen LogP contribution < -0.4 is 10.6 Å². The smallest absolute Gasteiger partial charge is 0.191 e. The molecule has 2 N–H and O–H groups in total. The van der Waals surface area contributed by atoms with Crippen molar-refractivity contribution >= 4 is 17.3 Å². The molecule has 1 rings (SSSR count). The highest BCUT2D eigenvalue weighted by molar-refractivity contribution is 7.11. The molecule has 0 fully saturated rings. The van der Waals surface area contributed by atoms with E-state index in [9.17, 15) is 0 Å². The number of aromatic nitrogens is 1. The summed E-state index contributed by atoms with van der Waals surface area (Å²) in [5.41, 5.74) is 1.15. The second kappa shape index (κ2) is 12.2. The van der Waals surface area contributed by atoms with Crippen LogP contribution in [-0.4, -0.2) is 69.3 Å². The number of aliphatic imine (C=N–C) groups is 1. The number of hydrogen-bond donors (Lipinski definition) is 2. The minimum absolute atomic E-state index is 0.777. The number of aryl methyl sites for hydroxylation is 2. The molecule has 0 aliphatic heterocycles. The number of methoxy groups -OCH3 is 1. The molecular formula is C17H33N5OS. The van der Waals surface area contributed by atoms with Crippen LogP contribution in [0.5, 0.6) is 0 Å². The Balaban J connectivity index is 2.29. The lowest BCUT2D eigenvalue weighted by Gasteiger charge is -2.15. The molecule has 138 valence electrons. The topological polar surface area (TPSA) is 61.8 Å². The third-order valence-corrected chi connectivity index (χ3v) is 4.83. The van der Waals surface area contributed by atoms with Crippen LogP contribution >= 0.6 is 11.3 Å². The van der Waals surface area contributed by atoms with Crippen molar-refractivity contribution in [2.24, 2.45) is 4.99 Å². The third kappa shape index (κ3) is 8.61. The number of nitrogens with one attached hydrogen (secondary N) is 2. The fourth-order valence-corrected chi connectivity index (χ4v) is 3.10. The van der Waals surface area contributed by atoms with Gasteiger partial charge in [0, 0.05) is 44.6 Å². The zero-order valence-electron chi connectivity index (χ0n) is 15.8. The van der Waals surface area contributed by atoms with E-state index in [1.54, 1.807) is 18.4 Å². The number of ether oxygens (including phenoxy) is 1. The van der Waals surface area contributed by atoms with Gasteiger partial charge in [0.25, 0.3) is 0 Å². The summed E-state index contributed by atoms with van der Waals surface area (Å²) in [4.78, 5) is 12.8. The van der Waals surface area contributed by atoms with Gasteiger partial charge in [0.2, 0.25) is 0 Å². The van der Waals surface area contributed by atoms with Crippen molar-refractivity contribution in [3.8, 4) is 0 Å². The quantitative estimate of drug-likeness (QED) is 0.360. The molecule has 0 spiro atoms. The molecule has 24 heavy (non-hydrogen) atoms. The highest BCUT2D eigenvalue weighted by Crippen LogP contribution is 2.16. The van der Waals surface area contributed by atoms with Crippen molar-refractivity contribution in [1.29, 1.82) is 0 Å². The second-order valence-electron chi connectivity index (χ2n) is 5.84. The standard InChI is InChI=1S/C17H33N5OS/c1-6-18-17(19-9-7-11-22(4)12-13-23-5)20-10-8-16-21-14(2)15(3)24-16/h6-13H2,1-5H3,(H2,18,19,20).